The van der Waals surface area contributed by atoms with E-state index in [1.54, 1.807) is 4.68 Å². The molecule has 43 heavy (non-hydrogen) atoms. The fraction of sp³-hybridized carbons (Fsp3) is 0.667. The molecule has 4 heterocycles. The molecule has 1 unspecified atom stereocenters. The lowest BCUT2D eigenvalue weighted by Crippen LogP contribution is -2.59. The monoisotopic (exact) mass is 587 g/mol. The van der Waals surface area contributed by atoms with Gasteiger partial charge in [0.1, 0.15) is 11.6 Å². The lowest BCUT2D eigenvalue weighted by molar-refractivity contribution is -0.146. The van der Waals surface area contributed by atoms with Crippen LogP contribution in [0.3, 0.4) is 0 Å². The van der Waals surface area contributed by atoms with Crippen LogP contribution in [-0.2, 0) is 28.0 Å². The molecule has 3 amide bonds. The number of fused-ring (bicyclic) bond motifs is 1. The number of allylic oxidation sites excluding steroid dienone is 2. The van der Waals surface area contributed by atoms with Gasteiger partial charge in [0.2, 0.25) is 17.7 Å². The van der Waals surface area contributed by atoms with Crippen molar-refractivity contribution >= 4 is 28.8 Å². The van der Waals surface area contributed by atoms with E-state index in [2.05, 4.69) is 27.0 Å². The second-order valence-corrected chi connectivity index (χ2v) is 13.8. The highest BCUT2D eigenvalue weighted by Gasteiger charge is 2.47. The first-order valence-corrected chi connectivity index (χ1v) is 16.5. The summed E-state index contributed by atoms with van der Waals surface area (Å²) in [6.07, 6.45) is 14.0. The Balaban J connectivity index is 1.07. The Bertz CT molecular complexity index is 1420. The standard InChI is InChI=1S/C33H45N7O3/c1-38-27-7-6-23(18-26(27)36-37-38)20-35-30(41)28-19-24(17-22-8-10-33(11-9-22)12-13-33)21-40(28)32(43)29-25(5-4-14-34-29)31(42)39-15-2-3-16-39/h6-8,18,24-25,28-29,34H,2-5,9-17,19-21H2,1H3,(H,35,41)/t24-,25+,28?,29-/m1/s1. The molecule has 4 fully saturated rings. The zero-order valence-electron chi connectivity index (χ0n) is 25.4. The molecule has 0 radical (unpaired) electrons. The highest BCUT2D eigenvalue weighted by molar-refractivity contribution is 5.94. The first-order chi connectivity index (χ1) is 20.9. The molecule has 1 saturated carbocycles. The minimum atomic E-state index is -0.571. The maximum absolute atomic E-state index is 14.3. The summed E-state index contributed by atoms with van der Waals surface area (Å²) in [7, 11) is 1.86. The molecule has 10 nitrogen and oxygen atoms in total. The number of benzene rings is 1. The number of rotatable bonds is 7. The van der Waals surface area contributed by atoms with Gasteiger partial charge in [0.15, 0.2) is 0 Å². The summed E-state index contributed by atoms with van der Waals surface area (Å²) in [6.45, 7) is 3.20. The SMILES string of the molecule is Cn1nnc2cc(CNC(=O)C3C[C@@H](CC4=CCC5(CC4)CC5)CN3C(=O)[C@@H]3NCCC[C@@H]3C(=O)N3CCCC3)ccc21. The number of aromatic nitrogens is 3. The lowest BCUT2D eigenvalue weighted by Gasteiger charge is -2.36. The van der Waals surface area contributed by atoms with E-state index in [1.165, 1.54) is 31.3 Å². The van der Waals surface area contributed by atoms with Gasteiger partial charge in [-0.05, 0) is 106 Å². The Labute approximate surface area is 253 Å². The first kappa shape index (κ1) is 28.5. The predicted molar refractivity (Wildman–Crippen MR) is 163 cm³/mol. The van der Waals surface area contributed by atoms with Gasteiger partial charge in [0, 0.05) is 33.2 Å². The van der Waals surface area contributed by atoms with Gasteiger partial charge in [0.05, 0.1) is 17.5 Å². The van der Waals surface area contributed by atoms with Gasteiger partial charge >= 0.3 is 0 Å². The fourth-order valence-corrected chi connectivity index (χ4v) is 8.01. The average Bonchev–Trinajstić information content (AvgIpc) is 3.40. The van der Waals surface area contributed by atoms with E-state index in [0.717, 1.165) is 61.8 Å². The molecule has 4 atom stereocenters. The molecule has 3 saturated heterocycles. The molecule has 3 aliphatic heterocycles. The van der Waals surface area contributed by atoms with Crippen molar-refractivity contribution in [2.24, 2.45) is 24.3 Å². The van der Waals surface area contributed by atoms with Crippen molar-refractivity contribution in [1.82, 2.24) is 35.4 Å². The highest BCUT2D eigenvalue weighted by atomic mass is 16.2. The number of piperidine rings is 1. The van der Waals surface area contributed by atoms with Crippen LogP contribution >= 0.6 is 0 Å². The molecule has 230 valence electrons. The topological polar surface area (TPSA) is 112 Å². The number of carbonyl (C=O) groups excluding carboxylic acids is 3. The van der Waals surface area contributed by atoms with E-state index in [9.17, 15) is 14.4 Å². The third-order valence-electron chi connectivity index (χ3n) is 10.9. The molecule has 2 N–H and O–H groups in total. The smallest absolute Gasteiger partial charge is 0.243 e. The molecule has 0 bridgehead atoms. The summed E-state index contributed by atoms with van der Waals surface area (Å²) in [4.78, 5) is 45.3. The van der Waals surface area contributed by atoms with E-state index in [0.29, 0.717) is 37.9 Å². The third-order valence-corrected chi connectivity index (χ3v) is 10.9. The zero-order valence-corrected chi connectivity index (χ0v) is 25.4. The van der Waals surface area contributed by atoms with Crippen molar-refractivity contribution in [3.63, 3.8) is 0 Å². The van der Waals surface area contributed by atoms with Crippen LogP contribution in [0, 0.1) is 17.3 Å². The van der Waals surface area contributed by atoms with Gasteiger partial charge in [-0.2, -0.15) is 0 Å². The summed E-state index contributed by atoms with van der Waals surface area (Å²) >= 11 is 0. The van der Waals surface area contributed by atoms with Crippen LogP contribution in [0.25, 0.3) is 11.0 Å². The number of likely N-dealkylation sites (tertiary alicyclic amines) is 2. The van der Waals surface area contributed by atoms with Crippen LogP contribution in [-0.4, -0.2) is 80.8 Å². The molecule has 2 aromatic rings. The van der Waals surface area contributed by atoms with Gasteiger partial charge in [0.25, 0.3) is 0 Å². The molecule has 1 spiro atoms. The van der Waals surface area contributed by atoms with E-state index >= 15 is 0 Å². The second kappa shape index (κ2) is 11.7. The summed E-state index contributed by atoms with van der Waals surface area (Å²) in [6, 6.07) is 4.79. The van der Waals surface area contributed by atoms with Crippen LogP contribution < -0.4 is 10.6 Å². The molecular formula is C33H45N7O3. The maximum atomic E-state index is 14.3. The van der Waals surface area contributed by atoms with Crippen LogP contribution in [0.5, 0.6) is 0 Å². The minimum Gasteiger partial charge on any atom is -0.350 e. The zero-order chi connectivity index (χ0) is 29.6. The number of carbonyl (C=O) groups is 3. The number of amides is 3. The highest BCUT2D eigenvalue weighted by Crippen LogP contribution is 2.56. The van der Waals surface area contributed by atoms with Crippen molar-refractivity contribution in [3.8, 4) is 0 Å². The van der Waals surface area contributed by atoms with Crippen molar-refractivity contribution in [1.29, 1.82) is 0 Å². The van der Waals surface area contributed by atoms with Crippen molar-refractivity contribution in [2.45, 2.75) is 89.3 Å². The Morgan fingerprint density at radius 2 is 1.93 bits per heavy atom. The van der Waals surface area contributed by atoms with Crippen LogP contribution in [0.1, 0.15) is 76.2 Å². The van der Waals surface area contributed by atoms with Crippen LogP contribution in [0.4, 0.5) is 0 Å². The summed E-state index contributed by atoms with van der Waals surface area (Å²) in [5, 5.41) is 14.8. The number of hydrogen-bond acceptors (Lipinski definition) is 6. The molecule has 1 aromatic heterocycles. The molecule has 1 aromatic carbocycles. The third kappa shape index (κ3) is 5.82. The Morgan fingerprint density at radius 3 is 2.70 bits per heavy atom. The minimum absolute atomic E-state index is 0.0876. The molecule has 5 aliphatic rings. The summed E-state index contributed by atoms with van der Waals surface area (Å²) < 4.78 is 1.73. The largest absolute Gasteiger partial charge is 0.350 e. The van der Waals surface area contributed by atoms with E-state index < -0.39 is 12.1 Å². The molecular weight excluding hydrogens is 542 g/mol. The average molecular weight is 588 g/mol. The second-order valence-electron chi connectivity index (χ2n) is 13.8. The van der Waals surface area contributed by atoms with Gasteiger partial charge in [-0.1, -0.05) is 22.9 Å². The van der Waals surface area contributed by atoms with Crippen molar-refractivity contribution in [2.75, 3.05) is 26.2 Å². The summed E-state index contributed by atoms with van der Waals surface area (Å²) in [5.41, 5.74) is 4.75. The molecule has 2 aliphatic carbocycles. The number of aryl methyl sites for hydroxylation is 1. The Hall–Kier alpha value is -3.27. The number of nitrogens with zero attached hydrogens (tertiary/aromatic N) is 5. The lowest BCUT2D eigenvalue weighted by atomic mass is 9.83. The normalized spacial score (nSPS) is 28.3. The van der Waals surface area contributed by atoms with E-state index in [4.69, 9.17) is 0 Å². The van der Waals surface area contributed by atoms with E-state index in [-0.39, 0.29) is 29.6 Å². The molecule has 10 heteroatoms. The quantitative estimate of drug-likeness (QED) is 0.482. The molecule has 7 rings (SSSR count). The van der Waals surface area contributed by atoms with Crippen LogP contribution in [0.15, 0.2) is 29.8 Å². The van der Waals surface area contributed by atoms with Gasteiger partial charge < -0.3 is 20.4 Å². The Morgan fingerprint density at radius 1 is 1.09 bits per heavy atom. The van der Waals surface area contributed by atoms with Gasteiger partial charge in [-0.3, -0.25) is 14.4 Å². The van der Waals surface area contributed by atoms with Gasteiger partial charge in [-0.15, -0.1) is 5.10 Å². The fourth-order valence-electron chi connectivity index (χ4n) is 8.01. The summed E-state index contributed by atoms with van der Waals surface area (Å²) in [5.74, 6) is -0.234. The maximum Gasteiger partial charge on any atom is 0.243 e. The van der Waals surface area contributed by atoms with Gasteiger partial charge in [-0.25, -0.2) is 4.68 Å². The Kier molecular flexibility index (Phi) is 7.74. The van der Waals surface area contributed by atoms with E-state index in [1.807, 2.05) is 35.0 Å². The first-order valence-electron chi connectivity index (χ1n) is 16.5. The number of nitrogens with one attached hydrogen (secondary N) is 2. The number of hydrogen-bond donors (Lipinski definition) is 2. The van der Waals surface area contributed by atoms with Crippen molar-refractivity contribution in [3.05, 3.63) is 35.4 Å². The van der Waals surface area contributed by atoms with Crippen molar-refractivity contribution < 1.29 is 14.4 Å². The predicted octanol–water partition coefficient (Wildman–Crippen LogP) is 3.07. The van der Waals surface area contributed by atoms with Crippen LogP contribution in [0.2, 0.25) is 0 Å².